The monoisotopic (exact) mass is 275 g/mol. The summed E-state index contributed by atoms with van der Waals surface area (Å²) in [5.41, 5.74) is 0. The molecule has 2 saturated heterocycles. The lowest BCUT2D eigenvalue weighted by molar-refractivity contribution is 0.190. The van der Waals surface area contributed by atoms with E-state index in [9.17, 15) is 0 Å². The molecule has 0 radical (unpaired) electrons. The number of nitrogens with one attached hydrogen (secondary N) is 1. The van der Waals surface area contributed by atoms with Crippen molar-refractivity contribution in [1.29, 1.82) is 0 Å². The third kappa shape index (κ3) is 3.46. The molecule has 5 nitrogen and oxygen atoms in total. The van der Waals surface area contributed by atoms with Crippen molar-refractivity contribution in [2.45, 2.75) is 19.8 Å². The Labute approximate surface area is 121 Å². The van der Waals surface area contributed by atoms with Crippen LogP contribution in [0.5, 0.6) is 0 Å². The summed E-state index contributed by atoms with van der Waals surface area (Å²) in [7, 11) is 0. The van der Waals surface area contributed by atoms with Crippen molar-refractivity contribution in [3.05, 3.63) is 18.1 Å². The Morgan fingerprint density at radius 2 is 1.95 bits per heavy atom. The molecule has 110 valence electrons. The maximum atomic E-state index is 4.53. The van der Waals surface area contributed by atoms with Crippen LogP contribution >= 0.6 is 0 Å². The van der Waals surface area contributed by atoms with Gasteiger partial charge in [-0.25, -0.2) is 9.97 Å². The lowest BCUT2D eigenvalue weighted by atomic mass is 9.96. The molecule has 0 saturated carbocycles. The van der Waals surface area contributed by atoms with Gasteiger partial charge in [0.25, 0.3) is 0 Å². The number of anilines is 1. The second kappa shape index (κ2) is 6.50. The number of aryl methyl sites for hydroxylation is 1. The van der Waals surface area contributed by atoms with E-state index >= 15 is 0 Å². The van der Waals surface area contributed by atoms with Crippen molar-refractivity contribution >= 4 is 5.82 Å². The Hall–Kier alpha value is -1.20. The maximum absolute atomic E-state index is 4.53. The van der Waals surface area contributed by atoms with Crippen molar-refractivity contribution in [2.75, 3.05) is 50.7 Å². The fourth-order valence-electron chi connectivity index (χ4n) is 3.22. The van der Waals surface area contributed by atoms with Crippen molar-refractivity contribution in [1.82, 2.24) is 20.2 Å². The standard InChI is InChI=1S/C15H25N5/c1-13-17-5-2-15(18-13)20-8-3-14(4-9-20)12-19-10-6-16-7-11-19/h2,5,14,16H,3-4,6-12H2,1H3. The van der Waals surface area contributed by atoms with Crippen LogP contribution in [0.15, 0.2) is 12.3 Å². The van der Waals surface area contributed by atoms with Crippen molar-refractivity contribution in [2.24, 2.45) is 5.92 Å². The van der Waals surface area contributed by atoms with Crippen LogP contribution in [0.4, 0.5) is 5.82 Å². The van der Waals surface area contributed by atoms with Gasteiger partial charge in [0.05, 0.1) is 0 Å². The summed E-state index contributed by atoms with van der Waals surface area (Å²) in [6.07, 6.45) is 4.43. The van der Waals surface area contributed by atoms with E-state index in [0.29, 0.717) is 0 Å². The summed E-state index contributed by atoms with van der Waals surface area (Å²) >= 11 is 0. The smallest absolute Gasteiger partial charge is 0.132 e. The molecule has 0 aliphatic carbocycles. The van der Waals surface area contributed by atoms with Gasteiger partial charge in [-0.1, -0.05) is 0 Å². The van der Waals surface area contributed by atoms with Gasteiger partial charge >= 0.3 is 0 Å². The van der Waals surface area contributed by atoms with E-state index in [1.807, 2.05) is 19.2 Å². The number of aromatic nitrogens is 2. The van der Waals surface area contributed by atoms with Gasteiger partial charge in [-0.2, -0.15) is 0 Å². The average molecular weight is 275 g/mol. The molecule has 1 aromatic rings. The first kappa shape index (κ1) is 13.8. The highest BCUT2D eigenvalue weighted by molar-refractivity contribution is 5.37. The molecule has 2 aliphatic heterocycles. The zero-order chi connectivity index (χ0) is 13.8. The summed E-state index contributed by atoms with van der Waals surface area (Å²) in [4.78, 5) is 13.7. The van der Waals surface area contributed by atoms with Crippen LogP contribution in [-0.4, -0.2) is 60.7 Å². The highest BCUT2D eigenvalue weighted by Crippen LogP contribution is 2.22. The second-order valence-electron chi connectivity index (χ2n) is 5.94. The van der Waals surface area contributed by atoms with Crippen LogP contribution in [0, 0.1) is 12.8 Å². The van der Waals surface area contributed by atoms with E-state index in [4.69, 9.17) is 0 Å². The lowest BCUT2D eigenvalue weighted by Gasteiger charge is -2.36. The van der Waals surface area contributed by atoms with Gasteiger partial charge in [0.15, 0.2) is 0 Å². The first-order valence-corrected chi connectivity index (χ1v) is 7.79. The van der Waals surface area contributed by atoms with Gasteiger partial charge in [-0.05, 0) is 31.7 Å². The van der Waals surface area contributed by atoms with E-state index in [1.165, 1.54) is 32.5 Å². The van der Waals surface area contributed by atoms with Gasteiger partial charge in [0.1, 0.15) is 11.6 Å². The third-order valence-electron chi connectivity index (χ3n) is 4.43. The van der Waals surface area contributed by atoms with Crippen molar-refractivity contribution < 1.29 is 0 Å². The summed E-state index contributed by atoms with van der Waals surface area (Å²) in [6, 6.07) is 2.03. The van der Waals surface area contributed by atoms with E-state index in [1.54, 1.807) is 0 Å². The molecule has 0 amide bonds. The largest absolute Gasteiger partial charge is 0.356 e. The first-order valence-electron chi connectivity index (χ1n) is 7.79. The van der Waals surface area contributed by atoms with Gasteiger partial charge in [-0.15, -0.1) is 0 Å². The van der Waals surface area contributed by atoms with E-state index in [-0.39, 0.29) is 0 Å². The normalized spacial score (nSPS) is 22.1. The summed E-state index contributed by atoms with van der Waals surface area (Å²) in [5, 5.41) is 3.42. The van der Waals surface area contributed by atoms with Crippen LogP contribution in [0.25, 0.3) is 0 Å². The molecule has 5 heteroatoms. The van der Waals surface area contributed by atoms with Crippen LogP contribution in [-0.2, 0) is 0 Å². The molecule has 1 N–H and O–H groups in total. The zero-order valence-electron chi connectivity index (χ0n) is 12.4. The van der Waals surface area contributed by atoms with E-state index in [2.05, 4.69) is 25.1 Å². The zero-order valence-corrected chi connectivity index (χ0v) is 12.4. The fraction of sp³-hybridized carbons (Fsp3) is 0.733. The number of nitrogens with zero attached hydrogens (tertiary/aromatic N) is 4. The van der Waals surface area contributed by atoms with E-state index in [0.717, 1.165) is 43.7 Å². The molecule has 1 aromatic heterocycles. The third-order valence-corrected chi connectivity index (χ3v) is 4.43. The number of hydrogen-bond acceptors (Lipinski definition) is 5. The number of hydrogen-bond donors (Lipinski definition) is 1. The fourth-order valence-corrected chi connectivity index (χ4v) is 3.22. The Morgan fingerprint density at radius 1 is 1.20 bits per heavy atom. The molecule has 2 aliphatic rings. The van der Waals surface area contributed by atoms with Gasteiger partial charge in [-0.3, -0.25) is 0 Å². The summed E-state index contributed by atoms with van der Waals surface area (Å²) in [6.45, 7) is 10.2. The molecule has 2 fully saturated rings. The van der Waals surface area contributed by atoms with Crippen LogP contribution < -0.4 is 10.2 Å². The first-order chi connectivity index (χ1) is 9.81. The highest BCUT2D eigenvalue weighted by atomic mass is 15.2. The molecule has 20 heavy (non-hydrogen) atoms. The molecule has 0 unspecified atom stereocenters. The maximum Gasteiger partial charge on any atom is 0.132 e. The lowest BCUT2D eigenvalue weighted by Crippen LogP contribution is -2.47. The van der Waals surface area contributed by atoms with Gasteiger partial charge in [0, 0.05) is 52.0 Å². The molecule has 0 spiro atoms. The minimum Gasteiger partial charge on any atom is -0.356 e. The van der Waals surface area contributed by atoms with Crippen LogP contribution in [0.3, 0.4) is 0 Å². The second-order valence-corrected chi connectivity index (χ2v) is 5.94. The number of piperazine rings is 1. The number of piperidine rings is 1. The Balaban J connectivity index is 1.49. The predicted octanol–water partition coefficient (Wildman–Crippen LogP) is 0.907. The van der Waals surface area contributed by atoms with Crippen molar-refractivity contribution in [3.63, 3.8) is 0 Å². The summed E-state index contributed by atoms with van der Waals surface area (Å²) < 4.78 is 0. The van der Waals surface area contributed by atoms with Gasteiger partial charge < -0.3 is 15.1 Å². The number of rotatable bonds is 3. The molecule has 0 aromatic carbocycles. The Kier molecular flexibility index (Phi) is 4.47. The highest BCUT2D eigenvalue weighted by Gasteiger charge is 2.22. The van der Waals surface area contributed by atoms with Crippen LogP contribution in [0.2, 0.25) is 0 Å². The van der Waals surface area contributed by atoms with Crippen molar-refractivity contribution in [3.8, 4) is 0 Å². The Bertz CT molecular complexity index is 422. The molecule has 3 rings (SSSR count). The Morgan fingerprint density at radius 3 is 2.65 bits per heavy atom. The average Bonchev–Trinajstić information content (AvgIpc) is 2.49. The minimum atomic E-state index is 0.854. The minimum absolute atomic E-state index is 0.854. The molecular formula is C15H25N5. The van der Waals surface area contributed by atoms with E-state index < -0.39 is 0 Å². The quantitative estimate of drug-likeness (QED) is 0.888. The molecule has 0 bridgehead atoms. The topological polar surface area (TPSA) is 44.3 Å². The summed E-state index contributed by atoms with van der Waals surface area (Å²) in [5.74, 6) is 2.82. The SMILES string of the molecule is Cc1nccc(N2CCC(CN3CCNCC3)CC2)n1. The predicted molar refractivity (Wildman–Crippen MR) is 81.0 cm³/mol. The van der Waals surface area contributed by atoms with Crippen LogP contribution in [0.1, 0.15) is 18.7 Å². The molecular weight excluding hydrogens is 250 g/mol. The molecule has 0 atom stereocenters. The molecule has 3 heterocycles. The van der Waals surface area contributed by atoms with Gasteiger partial charge in [0.2, 0.25) is 0 Å².